The van der Waals surface area contributed by atoms with Crippen LogP contribution in [0, 0.1) is 5.82 Å². The maximum atomic E-state index is 12.9. The first-order valence-corrected chi connectivity index (χ1v) is 9.09. The summed E-state index contributed by atoms with van der Waals surface area (Å²) in [7, 11) is 1.64. The van der Waals surface area contributed by atoms with Gasteiger partial charge in [0.1, 0.15) is 17.3 Å². The second-order valence-electron chi connectivity index (χ2n) is 5.95. The Hall–Kier alpha value is -3.19. The fourth-order valence-corrected chi connectivity index (χ4v) is 3.65. The van der Waals surface area contributed by atoms with Crippen LogP contribution in [0.25, 0.3) is 15.4 Å². The van der Waals surface area contributed by atoms with Crippen LogP contribution < -0.4 is 10.1 Å². The van der Waals surface area contributed by atoms with Crippen LogP contribution in [0.1, 0.15) is 16.1 Å². The van der Waals surface area contributed by atoms with Crippen LogP contribution in [-0.2, 0) is 6.54 Å². The van der Waals surface area contributed by atoms with Crippen LogP contribution in [-0.4, -0.2) is 22.4 Å². The minimum Gasteiger partial charge on any atom is -0.497 e. The lowest BCUT2D eigenvalue weighted by molar-refractivity contribution is 0.0946. The number of rotatable bonds is 5. The highest BCUT2D eigenvalue weighted by molar-refractivity contribution is 7.20. The number of hydrogen-bond donors (Lipinski definition) is 1. The summed E-state index contributed by atoms with van der Waals surface area (Å²) in [4.78, 5) is 18.5. The topological polar surface area (TPSA) is 55.6 Å². The standard InChI is InChI=1S/C20H16FN3O2S/c1-26-16-4-2-3-14(9-16)18-12-24-11-17(23-20(24)27-18)19(25)22-10-13-5-7-15(21)8-6-13/h2-9,11-12H,10H2,1H3,(H,22,25). The second-order valence-corrected chi connectivity index (χ2v) is 6.96. The second kappa shape index (κ2) is 7.20. The van der Waals surface area contributed by atoms with Gasteiger partial charge in [-0.1, -0.05) is 35.6 Å². The zero-order chi connectivity index (χ0) is 18.8. The molecule has 136 valence electrons. The zero-order valence-corrected chi connectivity index (χ0v) is 15.3. The van der Waals surface area contributed by atoms with Crippen molar-refractivity contribution in [2.45, 2.75) is 6.54 Å². The van der Waals surface area contributed by atoms with Gasteiger partial charge in [-0.15, -0.1) is 0 Å². The molecule has 0 fully saturated rings. The predicted molar refractivity (Wildman–Crippen MR) is 103 cm³/mol. The molecule has 4 aromatic rings. The minimum absolute atomic E-state index is 0.266. The van der Waals surface area contributed by atoms with Crippen LogP contribution in [0.15, 0.2) is 60.9 Å². The summed E-state index contributed by atoms with van der Waals surface area (Å²) >= 11 is 1.50. The molecular weight excluding hydrogens is 365 g/mol. The molecule has 2 heterocycles. The summed E-state index contributed by atoms with van der Waals surface area (Å²) in [5.41, 5.74) is 2.21. The fraction of sp³-hybridized carbons (Fsp3) is 0.100. The van der Waals surface area contributed by atoms with E-state index in [1.807, 2.05) is 34.9 Å². The number of thiazole rings is 1. The number of benzene rings is 2. The van der Waals surface area contributed by atoms with Gasteiger partial charge in [-0.2, -0.15) is 0 Å². The molecule has 0 unspecified atom stereocenters. The van der Waals surface area contributed by atoms with Gasteiger partial charge in [0.2, 0.25) is 0 Å². The lowest BCUT2D eigenvalue weighted by Gasteiger charge is -2.03. The number of amides is 1. The Morgan fingerprint density at radius 1 is 1.22 bits per heavy atom. The molecule has 0 saturated carbocycles. The third-order valence-electron chi connectivity index (χ3n) is 4.11. The number of nitrogens with one attached hydrogen (secondary N) is 1. The van der Waals surface area contributed by atoms with Crippen molar-refractivity contribution in [1.82, 2.24) is 14.7 Å². The van der Waals surface area contributed by atoms with Crippen molar-refractivity contribution >= 4 is 22.2 Å². The summed E-state index contributed by atoms with van der Waals surface area (Å²) in [6, 6.07) is 13.8. The van der Waals surface area contributed by atoms with Gasteiger partial charge in [0.15, 0.2) is 4.96 Å². The highest BCUT2D eigenvalue weighted by Gasteiger charge is 2.13. The van der Waals surface area contributed by atoms with Crippen LogP contribution in [0.4, 0.5) is 4.39 Å². The zero-order valence-electron chi connectivity index (χ0n) is 14.5. The molecule has 0 spiro atoms. The summed E-state index contributed by atoms with van der Waals surface area (Å²) < 4.78 is 20.0. The lowest BCUT2D eigenvalue weighted by Crippen LogP contribution is -2.23. The maximum absolute atomic E-state index is 12.9. The van der Waals surface area contributed by atoms with Gasteiger partial charge in [0, 0.05) is 18.9 Å². The van der Waals surface area contributed by atoms with E-state index in [1.165, 1.54) is 23.5 Å². The van der Waals surface area contributed by atoms with Gasteiger partial charge in [-0.05, 0) is 35.4 Å². The van der Waals surface area contributed by atoms with Crippen molar-refractivity contribution < 1.29 is 13.9 Å². The van der Waals surface area contributed by atoms with Crippen molar-refractivity contribution in [3.8, 4) is 16.2 Å². The van der Waals surface area contributed by atoms with Gasteiger partial charge in [0.05, 0.1) is 12.0 Å². The molecule has 4 rings (SSSR count). The van der Waals surface area contributed by atoms with Gasteiger partial charge < -0.3 is 10.1 Å². The number of hydrogen-bond acceptors (Lipinski definition) is 4. The van der Waals surface area contributed by atoms with E-state index < -0.39 is 0 Å². The van der Waals surface area contributed by atoms with Crippen molar-refractivity contribution in [3.63, 3.8) is 0 Å². The van der Waals surface area contributed by atoms with Crippen LogP contribution in [0.3, 0.4) is 0 Å². The Bertz CT molecular complexity index is 1070. The van der Waals surface area contributed by atoms with Gasteiger partial charge in [-0.3, -0.25) is 9.20 Å². The lowest BCUT2D eigenvalue weighted by atomic mass is 10.2. The van der Waals surface area contributed by atoms with Crippen LogP contribution in [0.5, 0.6) is 5.75 Å². The third kappa shape index (κ3) is 3.68. The molecule has 1 N–H and O–H groups in total. The van der Waals surface area contributed by atoms with E-state index in [2.05, 4.69) is 10.3 Å². The predicted octanol–water partition coefficient (Wildman–Crippen LogP) is 4.14. The summed E-state index contributed by atoms with van der Waals surface area (Å²) in [5.74, 6) is 0.226. The summed E-state index contributed by atoms with van der Waals surface area (Å²) in [5, 5.41) is 2.80. The largest absolute Gasteiger partial charge is 0.497 e. The molecule has 7 heteroatoms. The molecule has 0 radical (unpaired) electrons. The molecule has 27 heavy (non-hydrogen) atoms. The molecule has 1 amide bonds. The molecule has 0 aliphatic carbocycles. The SMILES string of the molecule is COc1cccc(-c2cn3cc(C(=O)NCc4ccc(F)cc4)nc3s2)c1. The third-order valence-corrected chi connectivity index (χ3v) is 5.15. The molecule has 0 aliphatic heterocycles. The first-order chi connectivity index (χ1) is 13.1. The smallest absolute Gasteiger partial charge is 0.271 e. The number of nitrogens with zero attached hydrogens (tertiary/aromatic N) is 2. The number of fused-ring (bicyclic) bond motifs is 1. The Labute approximate surface area is 159 Å². The molecule has 0 aliphatic rings. The number of ether oxygens (including phenoxy) is 1. The Morgan fingerprint density at radius 3 is 2.78 bits per heavy atom. The monoisotopic (exact) mass is 381 g/mol. The Kier molecular flexibility index (Phi) is 4.60. The van der Waals surface area contributed by atoms with Gasteiger partial charge in [0.25, 0.3) is 5.91 Å². The molecule has 0 bridgehead atoms. The van der Waals surface area contributed by atoms with Crippen molar-refractivity contribution in [2.75, 3.05) is 7.11 Å². The molecule has 0 saturated heterocycles. The van der Waals surface area contributed by atoms with Gasteiger partial charge in [-0.25, -0.2) is 9.37 Å². The average molecular weight is 381 g/mol. The Balaban J connectivity index is 1.49. The van der Waals surface area contributed by atoms with Crippen molar-refractivity contribution in [3.05, 3.63) is 78.0 Å². The van der Waals surface area contributed by atoms with Crippen molar-refractivity contribution in [1.29, 1.82) is 0 Å². The molecular formula is C20H16FN3O2S. The van der Waals surface area contributed by atoms with E-state index in [4.69, 9.17) is 4.74 Å². The van der Waals surface area contributed by atoms with Crippen LogP contribution in [0.2, 0.25) is 0 Å². The average Bonchev–Trinajstić information content (AvgIpc) is 3.27. The van der Waals surface area contributed by atoms with Crippen molar-refractivity contribution in [2.24, 2.45) is 0 Å². The summed E-state index contributed by atoms with van der Waals surface area (Å²) in [6.07, 6.45) is 3.65. The molecule has 2 aromatic heterocycles. The number of halogens is 1. The Morgan fingerprint density at radius 2 is 2.04 bits per heavy atom. The quantitative estimate of drug-likeness (QED) is 0.565. The van der Waals surface area contributed by atoms with E-state index in [0.717, 1.165) is 26.7 Å². The van der Waals surface area contributed by atoms with Gasteiger partial charge >= 0.3 is 0 Å². The van der Waals surface area contributed by atoms with E-state index in [-0.39, 0.29) is 11.7 Å². The molecule has 2 aromatic carbocycles. The van der Waals surface area contributed by atoms with E-state index >= 15 is 0 Å². The highest BCUT2D eigenvalue weighted by atomic mass is 32.1. The van der Waals surface area contributed by atoms with E-state index in [0.29, 0.717) is 12.2 Å². The number of carbonyl (C=O) groups excluding carboxylic acids is 1. The maximum Gasteiger partial charge on any atom is 0.271 e. The number of carbonyl (C=O) groups is 1. The number of methoxy groups -OCH3 is 1. The highest BCUT2D eigenvalue weighted by Crippen LogP contribution is 2.30. The summed E-state index contributed by atoms with van der Waals surface area (Å²) in [6.45, 7) is 0.319. The van der Waals surface area contributed by atoms with E-state index in [1.54, 1.807) is 25.4 Å². The normalized spacial score (nSPS) is 10.9. The fourth-order valence-electron chi connectivity index (χ4n) is 2.69. The first kappa shape index (κ1) is 17.2. The molecule has 5 nitrogen and oxygen atoms in total. The number of aromatic nitrogens is 2. The molecule has 0 atom stereocenters. The van der Waals surface area contributed by atoms with Crippen LogP contribution >= 0.6 is 11.3 Å². The van der Waals surface area contributed by atoms with E-state index in [9.17, 15) is 9.18 Å². The number of imidazole rings is 1. The first-order valence-electron chi connectivity index (χ1n) is 8.28. The minimum atomic E-state index is -0.300.